The number of amides is 1. The summed E-state index contributed by atoms with van der Waals surface area (Å²) in [6.45, 7) is 0.843. The van der Waals surface area contributed by atoms with Gasteiger partial charge in [-0.05, 0) is 49.5 Å². The Morgan fingerprint density at radius 1 is 1.04 bits per heavy atom. The van der Waals surface area contributed by atoms with Gasteiger partial charge in [0.25, 0.3) is 0 Å². The van der Waals surface area contributed by atoms with Gasteiger partial charge in [-0.3, -0.25) is 4.79 Å². The Balaban J connectivity index is 1.48. The molecule has 0 aromatic heterocycles. The Morgan fingerprint density at radius 2 is 1.80 bits per heavy atom. The van der Waals surface area contributed by atoms with Crippen LogP contribution in [0.5, 0.6) is 0 Å². The van der Waals surface area contributed by atoms with Crippen LogP contribution in [-0.2, 0) is 11.2 Å². The highest BCUT2D eigenvalue weighted by Gasteiger charge is 2.37. The minimum Gasteiger partial charge on any atom is -0.393 e. The normalized spacial score (nSPS) is 27.2. The Labute approximate surface area is 153 Å². The predicted octanol–water partition coefficient (Wildman–Crippen LogP) is 4.19. The molecule has 1 amide bonds. The van der Waals surface area contributed by atoms with Crippen LogP contribution in [-0.4, -0.2) is 34.6 Å². The van der Waals surface area contributed by atoms with E-state index in [9.17, 15) is 9.90 Å². The maximum absolute atomic E-state index is 12.9. The number of likely N-dealkylation sites (tertiary alicyclic amines) is 1. The van der Waals surface area contributed by atoms with Crippen molar-refractivity contribution in [1.82, 2.24) is 4.90 Å². The first-order chi connectivity index (χ1) is 12.1. The number of rotatable bonds is 3. The van der Waals surface area contributed by atoms with Crippen molar-refractivity contribution in [2.24, 2.45) is 5.92 Å². The lowest BCUT2D eigenvalue weighted by Gasteiger charge is -2.33. The molecule has 1 aliphatic carbocycles. The van der Waals surface area contributed by atoms with Crippen LogP contribution in [0.2, 0.25) is 5.02 Å². The molecule has 3 nitrogen and oxygen atoms in total. The summed E-state index contributed by atoms with van der Waals surface area (Å²) in [5, 5.41) is 12.7. The summed E-state index contributed by atoms with van der Waals surface area (Å²) in [4.78, 5) is 14.9. The third kappa shape index (κ3) is 3.28. The van der Waals surface area contributed by atoms with E-state index in [1.54, 1.807) is 0 Å². The Kier molecular flexibility index (Phi) is 4.70. The predicted molar refractivity (Wildman–Crippen MR) is 101 cm³/mol. The maximum Gasteiger partial charge on any atom is 0.226 e. The second kappa shape index (κ2) is 6.97. The molecule has 1 atom stereocenters. The zero-order valence-corrected chi connectivity index (χ0v) is 15.1. The number of fused-ring (bicyclic) bond motifs is 1. The van der Waals surface area contributed by atoms with Gasteiger partial charge < -0.3 is 10.0 Å². The summed E-state index contributed by atoms with van der Waals surface area (Å²) in [5.41, 5.74) is 1.07. The SMILES string of the molecule is O=C1C(Cc2ccc3ccccc3c2Cl)CCN1C1CCC(O)CC1. The average Bonchev–Trinajstić information content (AvgIpc) is 2.99. The van der Waals surface area contributed by atoms with Crippen molar-refractivity contribution >= 4 is 28.3 Å². The lowest BCUT2D eigenvalue weighted by atomic mass is 9.92. The van der Waals surface area contributed by atoms with E-state index in [2.05, 4.69) is 23.1 Å². The van der Waals surface area contributed by atoms with Crippen LogP contribution in [0, 0.1) is 5.92 Å². The quantitative estimate of drug-likeness (QED) is 0.894. The molecular formula is C21H24ClNO2. The molecule has 2 aromatic rings. The van der Waals surface area contributed by atoms with Gasteiger partial charge in [0, 0.05) is 23.9 Å². The molecule has 0 bridgehead atoms. The molecule has 132 valence electrons. The molecule has 1 aliphatic heterocycles. The van der Waals surface area contributed by atoms with E-state index in [-0.39, 0.29) is 17.9 Å². The number of hydrogen-bond acceptors (Lipinski definition) is 2. The van der Waals surface area contributed by atoms with E-state index in [0.29, 0.717) is 12.5 Å². The highest BCUT2D eigenvalue weighted by Crippen LogP contribution is 2.33. The summed E-state index contributed by atoms with van der Waals surface area (Å²) in [6.07, 6.45) is 4.93. The molecule has 4 rings (SSSR count). The first kappa shape index (κ1) is 16.9. The Morgan fingerprint density at radius 3 is 2.60 bits per heavy atom. The summed E-state index contributed by atoms with van der Waals surface area (Å²) in [6, 6.07) is 12.6. The fourth-order valence-corrected chi connectivity index (χ4v) is 4.70. The van der Waals surface area contributed by atoms with E-state index < -0.39 is 0 Å². The molecule has 2 aromatic carbocycles. The zero-order chi connectivity index (χ0) is 17.4. The van der Waals surface area contributed by atoms with E-state index >= 15 is 0 Å². The van der Waals surface area contributed by atoms with Crippen molar-refractivity contribution in [2.45, 2.75) is 50.7 Å². The van der Waals surface area contributed by atoms with Crippen molar-refractivity contribution in [2.75, 3.05) is 6.54 Å². The number of nitrogens with zero attached hydrogens (tertiary/aromatic N) is 1. The molecular weight excluding hydrogens is 334 g/mol. The van der Waals surface area contributed by atoms with Crippen LogP contribution in [0.1, 0.15) is 37.7 Å². The Hall–Kier alpha value is -1.58. The second-order valence-electron chi connectivity index (χ2n) is 7.44. The van der Waals surface area contributed by atoms with E-state index in [1.165, 1.54) is 0 Å². The highest BCUT2D eigenvalue weighted by atomic mass is 35.5. The molecule has 25 heavy (non-hydrogen) atoms. The summed E-state index contributed by atoms with van der Waals surface area (Å²) >= 11 is 6.62. The zero-order valence-electron chi connectivity index (χ0n) is 14.3. The third-order valence-corrected chi connectivity index (χ3v) is 6.31. The van der Waals surface area contributed by atoms with Crippen LogP contribution < -0.4 is 0 Å². The van der Waals surface area contributed by atoms with Crippen molar-refractivity contribution in [3.63, 3.8) is 0 Å². The topological polar surface area (TPSA) is 40.5 Å². The fourth-order valence-electron chi connectivity index (χ4n) is 4.39. The van der Waals surface area contributed by atoms with Crippen LogP contribution in [0.4, 0.5) is 0 Å². The number of hydrogen-bond donors (Lipinski definition) is 1. The van der Waals surface area contributed by atoms with Crippen LogP contribution >= 0.6 is 11.6 Å². The number of carbonyl (C=O) groups is 1. The first-order valence-electron chi connectivity index (χ1n) is 9.28. The average molecular weight is 358 g/mol. The lowest BCUT2D eigenvalue weighted by molar-refractivity contribution is -0.133. The van der Waals surface area contributed by atoms with Crippen molar-refractivity contribution in [3.8, 4) is 0 Å². The van der Waals surface area contributed by atoms with Gasteiger partial charge in [-0.15, -0.1) is 0 Å². The number of carbonyl (C=O) groups excluding carboxylic acids is 1. The molecule has 0 radical (unpaired) electrons. The summed E-state index contributed by atoms with van der Waals surface area (Å²) in [7, 11) is 0. The smallest absolute Gasteiger partial charge is 0.226 e. The molecule has 0 spiro atoms. The van der Waals surface area contributed by atoms with Crippen LogP contribution in [0.3, 0.4) is 0 Å². The van der Waals surface area contributed by atoms with Gasteiger partial charge in [0.2, 0.25) is 5.91 Å². The van der Waals surface area contributed by atoms with Crippen molar-refractivity contribution in [3.05, 3.63) is 47.0 Å². The fraction of sp³-hybridized carbons (Fsp3) is 0.476. The Bertz CT molecular complexity index is 783. The highest BCUT2D eigenvalue weighted by molar-refractivity contribution is 6.36. The first-order valence-corrected chi connectivity index (χ1v) is 9.66. The second-order valence-corrected chi connectivity index (χ2v) is 7.82. The molecule has 4 heteroatoms. The van der Waals surface area contributed by atoms with Gasteiger partial charge >= 0.3 is 0 Å². The van der Waals surface area contributed by atoms with Crippen molar-refractivity contribution < 1.29 is 9.90 Å². The monoisotopic (exact) mass is 357 g/mol. The number of aliphatic hydroxyl groups excluding tert-OH is 1. The molecule has 1 heterocycles. The maximum atomic E-state index is 12.9. The number of halogens is 1. The van der Waals surface area contributed by atoms with Gasteiger partial charge in [-0.2, -0.15) is 0 Å². The minimum atomic E-state index is -0.179. The third-order valence-electron chi connectivity index (χ3n) is 5.87. The van der Waals surface area contributed by atoms with Gasteiger partial charge in [0.15, 0.2) is 0 Å². The molecule has 2 fully saturated rings. The molecule has 1 saturated heterocycles. The number of benzene rings is 2. The number of aliphatic hydroxyl groups is 1. The summed E-state index contributed by atoms with van der Waals surface area (Å²) < 4.78 is 0. The molecule has 1 N–H and O–H groups in total. The van der Waals surface area contributed by atoms with Gasteiger partial charge in [-0.25, -0.2) is 0 Å². The largest absolute Gasteiger partial charge is 0.393 e. The van der Waals surface area contributed by atoms with Gasteiger partial charge in [0.1, 0.15) is 0 Å². The van der Waals surface area contributed by atoms with Gasteiger partial charge in [-0.1, -0.05) is 48.0 Å². The van der Waals surface area contributed by atoms with E-state index in [0.717, 1.165) is 60.0 Å². The molecule has 2 aliphatic rings. The van der Waals surface area contributed by atoms with Crippen LogP contribution in [0.25, 0.3) is 10.8 Å². The van der Waals surface area contributed by atoms with Gasteiger partial charge in [0.05, 0.1) is 11.1 Å². The minimum absolute atomic E-state index is 0.0329. The van der Waals surface area contributed by atoms with E-state index in [4.69, 9.17) is 11.6 Å². The summed E-state index contributed by atoms with van der Waals surface area (Å²) in [5.74, 6) is 0.302. The van der Waals surface area contributed by atoms with Crippen LogP contribution in [0.15, 0.2) is 36.4 Å². The molecule has 1 saturated carbocycles. The molecule has 1 unspecified atom stereocenters. The van der Waals surface area contributed by atoms with Crippen molar-refractivity contribution in [1.29, 1.82) is 0 Å². The lowest BCUT2D eigenvalue weighted by Crippen LogP contribution is -2.41. The van der Waals surface area contributed by atoms with E-state index in [1.807, 2.05) is 18.2 Å². The standard InChI is InChI=1S/C21H24ClNO2/c22-20-15(6-5-14-3-1-2-4-19(14)20)13-16-11-12-23(21(16)25)17-7-9-18(24)10-8-17/h1-6,16-18,24H,7-13H2.